The summed E-state index contributed by atoms with van der Waals surface area (Å²) in [6, 6.07) is 4.78. The summed E-state index contributed by atoms with van der Waals surface area (Å²) in [7, 11) is 0. The maximum absolute atomic E-state index is 11.6. The molecule has 0 saturated heterocycles. The lowest BCUT2D eigenvalue weighted by Gasteiger charge is -2.10. The lowest BCUT2D eigenvalue weighted by molar-refractivity contribution is -0.125. The first kappa shape index (κ1) is 13.5. The summed E-state index contributed by atoms with van der Waals surface area (Å²) in [6.07, 6.45) is -1.41. The van der Waals surface area contributed by atoms with Gasteiger partial charge in [-0.2, -0.15) is 0 Å². The SMILES string of the molecule is NC(=O)C(O)CNC(=O)c1ccc(Br)cc1N. The van der Waals surface area contributed by atoms with Crippen molar-refractivity contribution in [3.63, 3.8) is 0 Å². The molecule has 0 heterocycles. The number of nitrogens with two attached hydrogens (primary N) is 2. The number of benzene rings is 1. The van der Waals surface area contributed by atoms with E-state index >= 15 is 0 Å². The second kappa shape index (κ2) is 5.65. The third-order valence-corrected chi connectivity index (χ3v) is 2.54. The number of nitrogens with one attached hydrogen (secondary N) is 1. The Bertz CT molecular complexity index is 450. The topological polar surface area (TPSA) is 118 Å². The third-order valence-electron chi connectivity index (χ3n) is 2.04. The molecule has 0 aliphatic heterocycles. The first-order chi connectivity index (χ1) is 7.91. The van der Waals surface area contributed by atoms with E-state index in [0.29, 0.717) is 5.69 Å². The van der Waals surface area contributed by atoms with Gasteiger partial charge in [0.05, 0.1) is 12.1 Å². The molecule has 2 amide bonds. The Balaban J connectivity index is 2.67. The summed E-state index contributed by atoms with van der Waals surface area (Å²) in [5.41, 5.74) is 11.0. The molecule has 1 atom stereocenters. The summed E-state index contributed by atoms with van der Waals surface area (Å²) in [5.74, 6) is -1.37. The molecule has 6 nitrogen and oxygen atoms in total. The van der Waals surface area contributed by atoms with Gasteiger partial charge in [0.25, 0.3) is 5.91 Å². The Morgan fingerprint density at radius 2 is 2.12 bits per heavy atom. The number of hydrogen-bond acceptors (Lipinski definition) is 4. The molecule has 7 heteroatoms. The Hall–Kier alpha value is -1.60. The minimum Gasteiger partial charge on any atom is -0.398 e. The zero-order chi connectivity index (χ0) is 13.0. The van der Waals surface area contributed by atoms with Gasteiger partial charge in [0.2, 0.25) is 5.91 Å². The van der Waals surface area contributed by atoms with Gasteiger partial charge >= 0.3 is 0 Å². The quantitative estimate of drug-likeness (QED) is 0.566. The highest BCUT2D eigenvalue weighted by atomic mass is 79.9. The van der Waals surface area contributed by atoms with E-state index in [-0.39, 0.29) is 12.1 Å². The van der Waals surface area contributed by atoms with Crippen molar-refractivity contribution in [2.75, 3.05) is 12.3 Å². The van der Waals surface area contributed by atoms with E-state index in [2.05, 4.69) is 21.2 Å². The Kier molecular flexibility index (Phi) is 4.47. The molecule has 92 valence electrons. The largest absolute Gasteiger partial charge is 0.398 e. The summed E-state index contributed by atoms with van der Waals surface area (Å²) in [6.45, 7) is -0.246. The number of carbonyl (C=O) groups is 2. The Labute approximate surface area is 106 Å². The first-order valence-electron chi connectivity index (χ1n) is 4.72. The predicted octanol–water partition coefficient (Wildman–Crippen LogP) is -0.393. The van der Waals surface area contributed by atoms with Crippen molar-refractivity contribution < 1.29 is 14.7 Å². The molecular weight excluding hydrogens is 290 g/mol. The monoisotopic (exact) mass is 301 g/mol. The van der Waals surface area contributed by atoms with Crippen molar-refractivity contribution in [2.45, 2.75) is 6.10 Å². The van der Waals surface area contributed by atoms with E-state index in [1.807, 2.05) is 0 Å². The fourth-order valence-corrected chi connectivity index (χ4v) is 1.50. The normalized spacial score (nSPS) is 11.9. The average molecular weight is 302 g/mol. The summed E-state index contributed by atoms with van der Waals surface area (Å²) in [4.78, 5) is 22.2. The van der Waals surface area contributed by atoms with Crippen LogP contribution in [0.15, 0.2) is 22.7 Å². The van der Waals surface area contributed by atoms with Crippen molar-refractivity contribution in [1.82, 2.24) is 5.32 Å². The van der Waals surface area contributed by atoms with E-state index in [1.54, 1.807) is 12.1 Å². The molecule has 0 saturated carbocycles. The lowest BCUT2D eigenvalue weighted by atomic mass is 10.1. The summed E-state index contributed by atoms with van der Waals surface area (Å²) in [5, 5.41) is 11.5. The molecule has 0 spiro atoms. The number of amides is 2. The van der Waals surface area contributed by atoms with Gasteiger partial charge in [0.15, 0.2) is 0 Å². The number of nitrogen functional groups attached to an aromatic ring is 1. The van der Waals surface area contributed by atoms with E-state index in [4.69, 9.17) is 16.6 Å². The number of aliphatic hydroxyl groups excluding tert-OH is 1. The van der Waals surface area contributed by atoms with Crippen LogP contribution >= 0.6 is 15.9 Å². The van der Waals surface area contributed by atoms with Crippen LogP contribution in [0.1, 0.15) is 10.4 Å². The number of hydrogen-bond donors (Lipinski definition) is 4. The van der Waals surface area contributed by atoms with Gasteiger partial charge in [-0.15, -0.1) is 0 Å². The van der Waals surface area contributed by atoms with Gasteiger partial charge in [-0.3, -0.25) is 9.59 Å². The molecule has 0 fully saturated rings. The predicted molar refractivity (Wildman–Crippen MR) is 66.1 cm³/mol. The van der Waals surface area contributed by atoms with Crippen LogP contribution in [0, 0.1) is 0 Å². The van der Waals surface area contributed by atoms with Crippen molar-refractivity contribution in [3.8, 4) is 0 Å². The Morgan fingerprint density at radius 3 is 2.65 bits per heavy atom. The van der Waals surface area contributed by atoms with E-state index in [9.17, 15) is 9.59 Å². The number of halogens is 1. The van der Waals surface area contributed by atoms with Crippen LogP contribution in [-0.4, -0.2) is 29.6 Å². The third kappa shape index (κ3) is 3.72. The number of rotatable bonds is 4. The van der Waals surface area contributed by atoms with Crippen molar-refractivity contribution >= 4 is 33.4 Å². The van der Waals surface area contributed by atoms with Crippen LogP contribution in [0.3, 0.4) is 0 Å². The van der Waals surface area contributed by atoms with E-state index < -0.39 is 17.9 Å². The molecule has 0 aliphatic rings. The molecule has 0 radical (unpaired) electrons. The van der Waals surface area contributed by atoms with Gasteiger partial charge in [0, 0.05) is 10.2 Å². The Morgan fingerprint density at radius 1 is 1.47 bits per heavy atom. The fourth-order valence-electron chi connectivity index (χ4n) is 1.13. The number of aliphatic hydroxyl groups is 1. The minimum atomic E-state index is -1.41. The zero-order valence-corrected chi connectivity index (χ0v) is 10.4. The zero-order valence-electron chi connectivity index (χ0n) is 8.81. The van der Waals surface area contributed by atoms with Gasteiger partial charge < -0.3 is 21.9 Å². The number of primary amides is 1. The van der Waals surface area contributed by atoms with E-state index in [0.717, 1.165) is 4.47 Å². The fraction of sp³-hybridized carbons (Fsp3) is 0.200. The standard InChI is InChI=1S/C10H12BrN3O3/c11-5-1-2-6(7(12)3-5)10(17)14-4-8(15)9(13)16/h1-3,8,15H,4,12H2,(H2,13,16)(H,14,17). The smallest absolute Gasteiger partial charge is 0.253 e. The molecule has 1 aromatic rings. The first-order valence-corrected chi connectivity index (χ1v) is 5.51. The van der Waals surface area contributed by atoms with Crippen molar-refractivity contribution in [1.29, 1.82) is 0 Å². The van der Waals surface area contributed by atoms with Gasteiger partial charge in [0.1, 0.15) is 6.10 Å². The van der Waals surface area contributed by atoms with Crippen LogP contribution in [0.5, 0.6) is 0 Å². The van der Waals surface area contributed by atoms with Crippen LogP contribution in [0.25, 0.3) is 0 Å². The molecule has 0 aromatic heterocycles. The van der Waals surface area contributed by atoms with Gasteiger partial charge in [-0.1, -0.05) is 15.9 Å². The molecule has 6 N–H and O–H groups in total. The maximum atomic E-state index is 11.6. The molecule has 0 bridgehead atoms. The minimum absolute atomic E-state index is 0.246. The van der Waals surface area contributed by atoms with Crippen LogP contribution in [-0.2, 0) is 4.79 Å². The second-order valence-corrected chi connectivity index (χ2v) is 4.28. The highest BCUT2D eigenvalue weighted by molar-refractivity contribution is 9.10. The lowest BCUT2D eigenvalue weighted by Crippen LogP contribution is -2.40. The van der Waals surface area contributed by atoms with Crippen molar-refractivity contribution in [2.24, 2.45) is 5.73 Å². The summed E-state index contributed by atoms with van der Waals surface area (Å²) >= 11 is 3.21. The molecular formula is C10H12BrN3O3. The molecule has 1 rings (SSSR count). The van der Waals surface area contributed by atoms with Crippen molar-refractivity contribution in [3.05, 3.63) is 28.2 Å². The van der Waals surface area contributed by atoms with Gasteiger partial charge in [-0.25, -0.2) is 0 Å². The second-order valence-electron chi connectivity index (χ2n) is 3.36. The molecule has 1 unspecified atom stereocenters. The maximum Gasteiger partial charge on any atom is 0.253 e. The highest BCUT2D eigenvalue weighted by Gasteiger charge is 2.14. The molecule has 1 aromatic carbocycles. The van der Waals surface area contributed by atoms with Gasteiger partial charge in [-0.05, 0) is 18.2 Å². The van der Waals surface area contributed by atoms with Crippen LogP contribution < -0.4 is 16.8 Å². The average Bonchev–Trinajstić information content (AvgIpc) is 2.25. The molecule has 17 heavy (non-hydrogen) atoms. The van der Waals surface area contributed by atoms with Crippen LogP contribution in [0.4, 0.5) is 5.69 Å². The number of anilines is 1. The summed E-state index contributed by atoms with van der Waals surface area (Å²) < 4.78 is 0.753. The molecule has 0 aliphatic carbocycles. The van der Waals surface area contributed by atoms with Crippen LogP contribution in [0.2, 0.25) is 0 Å². The van der Waals surface area contributed by atoms with E-state index in [1.165, 1.54) is 6.07 Å². The number of carbonyl (C=O) groups excluding carboxylic acids is 2. The highest BCUT2D eigenvalue weighted by Crippen LogP contribution is 2.18.